The summed E-state index contributed by atoms with van der Waals surface area (Å²) in [6.07, 6.45) is 1.73. The average molecular weight is 252 g/mol. The molecule has 1 fully saturated rings. The molecule has 18 heavy (non-hydrogen) atoms. The summed E-state index contributed by atoms with van der Waals surface area (Å²) < 4.78 is 17.9. The Kier molecular flexibility index (Phi) is 3.76. The van der Waals surface area contributed by atoms with E-state index in [1.54, 1.807) is 6.07 Å². The molecule has 0 radical (unpaired) electrons. The van der Waals surface area contributed by atoms with Gasteiger partial charge in [-0.3, -0.25) is 20.4 Å². The largest absolute Gasteiger partial charge is 0.484 e. The topological polar surface area (TPSA) is 67.4 Å². The fourth-order valence-electron chi connectivity index (χ4n) is 1.32. The van der Waals surface area contributed by atoms with Crippen molar-refractivity contribution in [3.63, 3.8) is 0 Å². The van der Waals surface area contributed by atoms with Crippen LogP contribution >= 0.6 is 0 Å². The summed E-state index contributed by atoms with van der Waals surface area (Å²) in [7, 11) is 0. The Morgan fingerprint density at radius 1 is 1.33 bits per heavy atom. The third-order valence-corrected chi connectivity index (χ3v) is 2.44. The zero-order valence-electron chi connectivity index (χ0n) is 9.61. The third-order valence-electron chi connectivity index (χ3n) is 2.44. The summed E-state index contributed by atoms with van der Waals surface area (Å²) in [6.45, 7) is -0.283. The highest BCUT2D eigenvalue weighted by Crippen LogP contribution is 2.28. The highest BCUT2D eigenvalue weighted by Gasteiger charge is 2.29. The van der Waals surface area contributed by atoms with Gasteiger partial charge in [0.2, 0.25) is 5.91 Å². The molecule has 1 aromatic rings. The van der Waals surface area contributed by atoms with Crippen LogP contribution in [-0.4, -0.2) is 18.4 Å². The minimum atomic E-state index is -0.492. The van der Waals surface area contributed by atoms with Crippen LogP contribution in [0, 0.1) is 11.7 Å². The molecule has 0 aliphatic heterocycles. The van der Waals surface area contributed by atoms with Crippen LogP contribution in [0.5, 0.6) is 5.75 Å². The normalized spacial score (nSPS) is 13.8. The lowest BCUT2D eigenvalue weighted by molar-refractivity contribution is -0.130. The van der Waals surface area contributed by atoms with E-state index in [1.807, 2.05) is 0 Å². The van der Waals surface area contributed by atoms with Gasteiger partial charge in [-0.25, -0.2) is 4.39 Å². The molecule has 0 atom stereocenters. The van der Waals surface area contributed by atoms with E-state index in [4.69, 9.17) is 4.74 Å². The fourth-order valence-corrected chi connectivity index (χ4v) is 1.32. The average Bonchev–Trinajstić information content (AvgIpc) is 3.17. The van der Waals surface area contributed by atoms with Gasteiger partial charge in [0.25, 0.3) is 5.91 Å². The molecule has 6 heteroatoms. The fraction of sp³-hybridized carbons (Fsp3) is 0.333. The van der Waals surface area contributed by atoms with Gasteiger partial charge in [0, 0.05) is 12.0 Å². The molecule has 1 aromatic carbocycles. The second-order valence-corrected chi connectivity index (χ2v) is 4.06. The second kappa shape index (κ2) is 5.48. The molecule has 2 N–H and O–H groups in total. The summed E-state index contributed by atoms with van der Waals surface area (Å²) in [4.78, 5) is 22.5. The van der Waals surface area contributed by atoms with E-state index in [9.17, 15) is 14.0 Å². The van der Waals surface area contributed by atoms with Crippen LogP contribution in [0.4, 0.5) is 4.39 Å². The molecule has 5 nitrogen and oxygen atoms in total. The molecule has 2 amide bonds. The molecule has 1 saturated carbocycles. The second-order valence-electron chi connectivity index (χ2n) is 4.06. The van der Waals surface area contributed by atoms with Gasteiger partial charge in [-0.15, -0.1) is 0 Å². The van der Waals surface area contributed by atoms with Crippen LogP contribution in [0.3, 0.4) is 0 Å². The molecule has 1 aliphatic rings. The Morgan fingerprint density at radius 2 is 2.11 bits per heavy atom. The highest BCUT2D eigenvalue weighted by molar-refractivity contribution is 5.85. The monoisotopic (exact) mass is 252 g/mol. The first-order valence-electron chi connectivity index (χ1n) is 5.62. The lowest BCUT2D eigenvalue weighted by Crippen LogP contribution is -2.44. The molecule has 0 saturated heterocycles. The first kappa shape index (κ1) is 12.3. The number of carbonyl (C=O) groups excluding carboxylic acids is 2. The van der Waals surface area contributed by atoms with Crippen molar-refractivity contribution in [2.75, 3.05) is 6.61 Å². The molecule has 0 spiro atoms. The van der Waals surface area contributed by atoms with Crippen LogP contribution in [0.2, 0.25) is 0 Å². The molecule has 1 aliphatic carbocycles. The predicted octanol–water partition coefficient (Wildman–Crippen LogP) is 0.762. The van der Waals surface area contributed by atoms with Crippen molar-refractivity contribution in [1.82, 2.24) is 10.9 Å². The number of halogens is 1. The summed E-state index contributed by atoms with van der Waals surface area (Å²) in [6, 6.07) is 5.48. The smallest absolute Gasteiger partial charge is 0.276 e. The summed E-state index contributed by atoms with van der Waals surface area (Å²) in [5.74, 6) is -0.828. The van der Waals surface area contributed by atoms with Gasteiger partial charge in [0.1, 0.15) is 11.6 Å². The number of benzene rings is 1. The van der Waals surface area contributed by atoms with E-state index in [2.05, 4.69) is 10.9 Å². The van der Waals surface area contributed by atoms with Gasteiger partial charge in [0.05, 0.1) is 0 Å². The standard InChI is InChI=1S/C12H13FN2O3/c13-9-2-1-3-10(6-9)18-7-11(16)14-15-12(17)8-4-5-8/h1-3,6,8H,4-5,7H2,(H,14,16)(H,15,17). The van der Waals surface area contributed by atoms with E-state index < -0.39 is 11.7 Å². The SMILES string of the molecule is O=C(COc1cccc(F)c1)NNC(=O)C1CC1. The number of rotatable bonds is 4. The number of amides is 2. The molecule has 96 valence electrons. The maximum Gasteiger partial charge on any atom is 0.276 e. The Hall–Kier alpha value is -2.11. The summed E-state index contributed by atoms with van der Waals surface area (Å²) in [5.41, 5.74) is 4.53. The van der Waals surface area contributed by atoms with Crippen molar-refractivity contribution in [2.24, 2.45) is 5.92 Å². The third kappa shape index (κ3) is 3.73. The summed E-state index contributed by atoms with van der Waals surface area (Å²) in [5, 5.41) is 0. The number of hydrogen-bond acceptors (Lipinski definition) is 3. The minimum Gasteiger partial charge on any atom is -0.484 e. The Balaban J connectivity index is 1.69. The van der Waals surface area contributed by atoms with Crippen molar-refractivity contribution in [3.05, 3.63) is 30.1 Å². The lowest BCUT2D eigenvalue weighted by Gasteiger charge is -2.08. The van der Waals surface area contributed by atoms with Gasteiger partial charge in [0.15, 0.2) is 6.61 Å². The van der Waals surface area contributed by atoms with Crippen LogP contribution in [0.15, 0.2) is 24.3 Å². The zero-order chi connectivity index (χ0) is 13.0. The number of ether oxygens (including phenoxy) is 1. The number of carbonyl (C=O) groups is 2. The van der Waals surface area contributed by atoms with Crippen molar-refractivity contribution >= 4 is 11.8 Å². The van der Waals surface area contributed by atoms with Crippen LogP contribution in [-0.2, 0) is 9.59 Å². The number of hydrogen-bond donors (Lipinski definition) is 2. The molecular formula is C12H13FN2O3. The molecule has 0 unspecified atom stereocenters. The van der Waals surface area contributed by atoms with Gasteiger partial charge >= 0.3 is 0 Å². The van der Waals surface area contributed by atoms with Gasteiger partial charge in [-0.05, 0) is 25.0 Å². The number of hydrazine groups is 1. The van der Waals surface area contributed by atoms with Gasteiger partial charge < -0.3 is 4.74 Å². The molecule has 0 heterocycles. The van der Waals surface area contributed by atoms with E-state index in [-0.39, 0.29) is 24.2 Å². The Labute approximate surface area is 103 Å². The zero-order valence-corrected chi connectivity index (χ0v) is 9.61. The number of nitrogens with one attached hydrogen (secondary N) is 2. The first-order valence-corrected chi connectivity index (χ1v) is 5.62. The highest BCUT2D eigenvalue weighted by atomic mass is 19.1. The van der Waals surface area contributed by atoms with Crippen molar-refractivity contribution < 1.29 is 18.7 Å². The molecule has 0 aromatic heterocycles. The molecule has 0 bridgehead atoms. The van der Waals surface area contributed by atoms with Gasteiger partial charge in [-0.2, -0.15) is 0 Å². The maximum atomic E-state index is 12.8. The van der Waals surface area contributed by atoms with Crippen LogP contribution in [0.25, 0.3) is 0 Å². The maximum absolute atomic E-state index is 12.8. The summed E-state index contributed by atoms with van der Waals surface area (Å²) >= 11 is 0. The van der Waals surface area contributed by atoms with Crippen molar-refractivity contribution in [3.8, 4) is 5.75 Å². The Bertz CT molecular complexity index is 460. The minimum absolute atomic E-state index is 0.0226. The predicted molar refractivity (Wildman–Crippen MR) is 60.9 cm³/mol. The first-order chi connectivity index (χ1) is 8.65. The van der Waals surface area contributed by atoms with Crippen molar-refractivity contribution in [2.45, 2.75) is 12.8 Å². The van der Waals surface area contributed by atoms with E-state index in [0.717, 1.165) is 12.8 Å². The van der Waals surface area contributed by atoms with E-state index in [1.165, 1.54) is 18.2 Å². The molecular weight excluding hydrogens is 239 g/mol. The van der Waals surface area contributed by atoms with E-state index in [0.29, 0.717) is 0 Å². The van der Waals surface area contributed by atoms with Crippen molar-refractivity contribution in [1.29, 1.82) is 0 Å². The Morgan fingerprint density at radius 3 is 2.78 bits per heavy atom. The van der Waals surface area contributed by atoms with E-state index >= 15 is 0 Å². The van der Waals surface area contributed by atoms with Crippen LogP contribution < -0.4 is 15.6 Å². The quantitative estimate of drug-likeness (QED) is 0.777. The van der Waals surface area contributed by atoms with Crippen LogP contribution in [0.1, 0.15) is 12.8 Å². The lowest BCUT2D eigenvalue weighted by atomic mass is 10.3. The van der Waals surface area contributed by atoms with Gasteiger partial charge in [-0.1, -0.05) is 6.07 Å². The molecule has 2 rings (SSSR count).